The van der Waals surface area contributed by atoms with Crippen LogP contribution in [0.25, 0.3) is 0 Å². The molecule has 0 aliphatic carbocycles. The van der Waals surface area contributed by atoms with Gasteiger partial charge in [-0.25, -0.2) is 4.98 Å². The third kappa shape index (κ3) is 3.74. The van der Waals surface area contributed by atoms with Gasteiger partial charge in [-0.05, 0) is 58.6 Å². The summed E-state index contributed by atoms with van der Waals surface area (Å²) in [4.78, 5) is 19.4. The molecule has 2 unspecified atom stereocenters. The molecule has 0 bridgehead atoms. The van der Waals surface area contributed by atoms with Crippen molar-refractivity contribution in [2.24, 2.45) is 0 Å². The third-order valence-corrected chi connectivity index (χ3v) is 4.18. The first kappa shape index (κ1) is 15.8. The fourth-order valence-corrected chi connectivity index (χ4v) is 3.11. The van der Waals surface area contributed by atoms with Gasteiger partial charge in [-0.2, -0.15) is 0 Å². The number of carbonyl (C=O) groups is 1. The topological polar surface area (TPSA) is 45.2 Å². The molecule has 1 aliphatic rings. The summed E-state index contributed by atoms with van der Waals surface area (Å²) >= 11 is 0. The van der Waals surface area contributed by atoms with E-state index in [1.807, 2.05) is 24.0 Å². The standard InChI is InChI=1S/C17H27N3O/c1-5-9-18-16-11-15(10-12(2)19-16)17(21)20-13(3)7-6-8-14(20)4/h10-11,13-14H,5-9H2,1-4H3,(H,18,19). The predicted molar refractivity (Wildman–Crippen MR) is 86.7 cm³/mol. The van der Waals surface area contributed by atoms with Crippen molar-refractivity contribution < 1.29 is 4.79 Å². The predicted octanol–water partition coefficient (Wildman–Crippen LogP) is 3.62. The lowest BCUT2D eigenvalue weighted by atomic mass is 9.96. The van der Waals surface area contributed by atoms with Gasteiger partial charge < -0.3 is 10.2 Å². The molecule has 2 heterocycles. The van der Waals surface area contributed by atoms with E-state index in [1.54, 1.807) is 0 Å². The van der Waals surface area contributed by atoms with Crippen LogP contribution in [-0.4, -0.2) is 34.4 Å². The zero-order valence-corrected chi connectivity index (χ0v) is 13.6. The van der Waals surface area contributed by atoms with Crippen molar-refractivity contribution in [3.05, 3.63) is 23.4 Å². The minimum absolute atomic E-state index is 0.139. The van der Waals surface area contributed by atoms with Gasteiger partial charge in [0.2, 0.25) is 0 Å². The summed E-state index contributed by atoms with van der Waals surface area (Å²) in [7, 11) is 0. The normalized spacial score (nSPS) is 22.2. The maximum absolute atomic E-state index is 12.9. The van der Waals surface area contributed by atoms with Gasteiger partial charge >= 0.3 is 0 Å². The molecule has 1 aromatic rings. The molecule has 2 rings (SSSR count). The van der Waals surface area contributed by atoms with Crippen LogP contribution in [-0.2, 0) is 0 Å². The number of nitrogens with zero attached hydrogens (tertiary/aromatic N) is 2. The van der Waals surface area contributed by atoms with E-state index in [0.717, 1.165) is 42.9 Å². The molecule has 116 valence electrons. The summed E-state index contributed by atoms with van der Waals surface area (Å²) < 4.78 is 0. The van der Waals surface area contributed by atoms with E-state index in [9.17, 15) is 4.79 Å². The van der Waals surface area contributed by atoms with Gasteiger partial charge in [0.15, 0.2) is 0 Å². The van der Waals surface area contributed by atoms with Crippen molar-refractivity contribution in [2.45, 2.75) is 65.5 Å². The Morgan fingerprint density at radius 1 is 1.33 bits per heavy atom. The van der Waals surface area contributed by atoms with E-state index in [-0.39, 0.29) is 5.91 Å². The van der Waals surface area contributed by atoms with Gasteiger partial charge in [-0.15, -0.1) is 0 Å². The fourth-order valence-electron chi connectivity index (χ4n) is 3.11. The third-order valence-electron chi connectivity index (χ3n) is 4.18. The molecular formula is C17H27N3O. The highest BCUT2D eigenvalue weighted by molar-refractivity contribution is 5.95. The second kappa shape index (κ2) is 6.92. The van der Waals surface area contributed by atoms with Crippen LogP contribution < -0.4 is 5.32 Å². The number of nitrogens with one attached hydrogen (secondary N) is 1. The minimum Gasteiger partial charge on any atom is -0.370 e. The molecule has 1 fully saturated rings. The van der Waals surface area contributed by atoms with Crippen molar-refractivity contribution in [2.75, 3.05) is 11.9 Å². The maximum atomic E-state index is 12.9. The first-order valence-corrected chi connectivity index (χ1v) is 8.08. The average molecular weight is 289 g/mol. The number of amides is 1. The van der Waals surface area contributed by atoms with Gasteiger partial charge in [0.25, 0.3) is 5.91 Å². The highest BCUT2D eigenvalue weighted by Crippen LogP contribution is 2.25. The maximum Gasteiger partial charge on any atom is 0.254 e. The molecule has 21 heavy (non-hydrogen) atoms. The van der Waals surface area contributed by atoms with Crippen LogP contribution in [0, 0.1) is 6.92 Å². The fraction of sp³-hybridized carbons (Fsp3) is 0.647. The largest absolute Gasteiger partial charge is 0.370 e. The number of aromatic nitrogens is 1. The highest BCUT2D eigenvalue weighted by Gasteiger charge is 2.29. The molecule has 1 aliphatic heterocycles. The minimum atomic E-state index is 0.139. The number of aryl methyl sites for hydroxylation is 1. The number of pyridine rings is 1. The van der Waals surface area contributed by atoms with Crippen molar-refractivity contribution in [3.8, 4) is 0 Å². The van der Waals surface area contributed by atoms with Crippen molar-refractivity contribution in [1.29, 1.82) is 0 Å². The number of hydrogen-bond donors (Lipinski definition) is 1. The first-order valence-electron chi connectivity index (χ1n) is 8.08. The van der Waals surface area contributed by atoms with Crippen molar-refractivity contribution in [1.82, 2.24) is 9.88 Å². The van der Waals surface area contributed by atoms with Gasteiger partial charge in [0.05, 0.1) is 0 Å². The summed E-state index contributed by atoms with van der Waals surface area (Å²) in [5.41, 5.74) is 1.64. The lowest BCUT2D eigenvalue weighted by molar-refractivity contribution is 0.0510. The van der Waals surface area contributed by atoms with Gasteiger partial charge in [-0.1, -0.05) is 6.92 Å². The summed E-state index contributed by atoms with van der Waals surface area (Å²) in [6.07, 6.45) is 4.45. The summed E-state index contributed by atoms with van der Waals surface area (Å²) in [6.45, 7) is 9.24. The molecule has 0 aromatic carbocycles. The van der Waals surface area contributed by atoms with Crippen LogP contribution in [0.2, 0.25) is 0 Å². The Morgan fingerprint density at radius 3 is 2.62 bits per heavy atom. The molecule has 0 radical (unpaired) electrons. The molecule has 1 amide bonds. The summed E-state index contributed by atoms with van der Waals surface area (Å²) in [6, 6.07) is 4.43. The Kier molecular flexibility index (Phi) is 5.21. The van der Waals surface area contributed by atoms with Crippen LogP contribution in [0.5, 0.6) is 0 Å². The lowest BCUT2D eigenvalue weighted by Crippen LogP contribution is -2.47. The number of rotatable bonds is 4. The van der Waals surface area contributed by atoms with Crippen LogP contribution >= 0.6 is 0 Å². The quantitative estimate of drug-likeness (QED) is 0.921. The van der Waals surface area contributed by atoms with E-state index in [2.05, 4.69) is 31.1 Å². The van der Waals surface area contributed by atoms with Crippen LogP contribution in [0.3, 0.4) is 0 Å². The van der Waals surface area contributed by atoms with Crippen molar-refractivity contribution in [3.63, 3.8) is 0 Å². The molecule has 2 atom stereocenters. The van der Waals surface area contributed by atoms with E-state index in [1.165, 1.54) is 6.42 Å². The van der Waals surface area contributed by atoms with Gasteiger partial charge in [0.1, 0.15) is 5.82 Å². The number of carbonyl (C=O) groups excluding carboxylic acids is 1. The Balaban J connectivity index is 2.23. The zero-order valence-electron chi connectivity index (χ0n) is 13.6. The van der Waals surface area contributed by atoms with Crippen LogP contribution in [0.1, 0.15) is 62.5 Å². The molecule has 1 N–H and O–H groups in total. The Morgan fingerprint density at radius 2 is 2.00 bits per heavy atom. The number of piperidine rings is 1. The monoisotopic (exact) mass is 289 g/mol. The molecule has 4 heteroatoms. The number of hydrogen-bond acceptors (Lipinski definition) is 3. The molecule has 1 aromatic heterocycles. The van der Waals surface area contributed by atoms with E-state index < -0.39 is 0 Å². The molecule has 4 nitrogen and oxygen atoms in total. The highest BCUT2D eigenvalue weighted by atomic mass is 16.2. The van der Waals surface area contributed by atoms with Crippen molar-refractivity contribution >= 4 is 11.7 Å². The second-order valence-electron chi connectivity index (χ2n) is 6.15. The number of likely N-dealkylation sites (tertiary alicyclic amines) is 1. The Hall–Kier alpha value is -1.58. The van der Waals surface area contributed by atoms with Crippen LogP contribution in [0.15, 0.2) is 12.1 Å². The lowest BCUT2D eigenvalue weighted by Gasteiger charge is -2.39. The zero-order chi connectivity index (χ0) is 15.4. The number of anilines is 1. The summed E-state index contributed by atoms with van der Waals surface area (Å²) in [5.74, 6) is 0.942. The second-order valence-corrected chi connectivity index (χ2v) is 6.15. The van der Waals surface area contributed by atoms with Gasteiger partial charge in [-0.3, -0.25) is 4.79 Å². The van der Waals surface area contributed by atoms with Crippen LogP contribution in [0.4, 0.5) is 5.82 Å². The summed E-state index contributed by atoms with van der Waals surface area (Å²) in [5, 5.41) is 3.27. The molecule has 1 saturated heterocycles. The average Bonchev–Trinajstić information content (AvgIpc) is 2.44. The molecule has 0 saturated carbocycles. The SMILES string of the molecule is CCCNc1cc(C(=O)N2C(C)CCCC2C)cc(C)n1. The van der Waals surface area contributed by atoms with E-state index >= 15 is 0 Å². The first-order chi connectivity index (χ1) is 10.0. The molecule has 0 spiro atoms. The van der Waals surface area contributed by atoms with E-state index in [4.69, 9.17) is 0 Å². The van der Waals surface area contributed by atoms with Gasteiger partial charge in [0, 0.05) is 29.9 Å². The molecular weight excluding hydrogens is 262 g/mol. The van der Waals surface area contributed by atoms with E-state index in [0.29, 0.717) is 12.1 Å². The Labute approximate surface area is 127 Å². The smallest absolute Gasteiger partial charge is 0.254 e. The Bertz CT molecular complexity index is 491.